The Morgan fingerprint density at radius 3 is 2.61 bits per heavy atom. The predicted molar refractivity (Wildman–Crippen MR) is 76.5 cm³/mol. The van der Waals surface area contributed by atoms with Gasteiger partial charge in [0.05, 0.1) is 0 Å². The van der Waals surface area contributed by atoms with E-state index in [1.54, 1.807) is 0 Å². The van der Waals surface area contributed by atoms with Gasteiger partial charge >= 0.3 is 0 Å². The molecule has 1 fully saturated rings. The molecule has 1 saturated heterocycles. The maximum absolute atomic E-state index is 2.57. The molecule has 0 saturated carbocycles. The third-order valence-electron chi connectivity index (χ3n) is 4.14. The first kappa shape index (κ1) is 11.8. The topological polar surface area (TPSA) is 6.48 Å². The van der Waals surface area contributed by atoms with Crippen molar-refractivity contribution in [1.29, 1.82) is 0 Å². The number of allylic oxidation sites excluding steroid dienone is 1. The van der Waals surface area contributed by atoms with E-state index in [9.17, 15) is 0 Å². The van der Waals surface area contributed by atoms with E-state index in [0.717, 1.165) is 13.1 Å². The van der Waals surface area contributed by atoms with Crippen LogP contribution in [-0.2, 0) is 6.42 Å². The van der Waals surface area contributed by atoms with Crippen molar-refractivity contribution in [2.45, 2.75) is 19.8 Å². The van der Waals surface area contributed by atoms with Gasteiger partial charge in [0.15, 0.2) is 0 Å². The third-order valence-corrected chi connectivity index (χ3v) is 4.14. The minimum atomic E-state index is 1.16. The minimum Gasteiger partial charge on any atom is -0.369 e. The quantitative estimate of drug-likeness (QED) is 0.746. The highest BCUT2D eigenvalue weighted by molar-refractivity contribution is 5.69. The molecule has 2 heteroatoms. The Bertz CT molecular complexity index is 468. The molecular weight excluding hydrogens is 220 g/mol. The summed E-state index contributed by atoms with van der Waals surface area (Å²) >= 11 is 0. The predicted octanol–water partition coefficient (Wildman–Crippen LogP) is 2.53. The second kappa shape index (κ2) is 4.77. The average molecular weight is 242 g/mol. The van der Waals surface area contributed by atoms with Crippen molar-refractivity contribution in [1.82, 2.24) is 9.80 Å². The first-order chi connectivity index (χ1) is 8.74. The molecule has 2 aliphatic rings. The van der Waals surface area contributed by atoms with Crippen LogP contribution in [-0.4, -0.2) is 43.0 Å². The molecule has 0 atom stereocenters. The normalized spacial score (nSPS) is 20.6. The fourth-order valence-electron chi connectivity index (χ4n) is 2.97. The van der Waals surface area contributed by atoms with Gasteiger partial charge in [-0.2, -0.15) is 0 Å². The number of fused-ring (bicyclic) bond motifs is 1. The van der Waals surface area contributed by atoms with Crippen LogP contribution < -0.4 is 0 Å². The Balaban J connectivity index is 1.89. The Morgan fingerprint density at radius 2 is 1.83 bits per heavy atom. The molecule has 1 aliphatic heterocycles. The van der Waals surface area contributed by atoms with Gasteiger partial charge in [0.1, 0.15) is 0 Å². The molecular formula is C16H22N2. The molecule has 1 aromatic rings. The monoisotopic (exact) mass is 242 g/mol. The van der Waals surface area contributed by atoms with Crippen molar-refractivity contribution >= 4 is 5.70 Å². The number of piperazine rings is 1. The maximum Gasteiger partial charge on any atom is 0.0403 e. The summed E-state index contributed by atoms with van der Waals surface area (Å²) in [5.41, 5.74) is 5.85. The molecule has 18 heavy (non-hydrogen) atoms. The highest BCUT2D eigenvalue weighted by atomic mass is 15.2. The van der Waals surface area contributed by atoms with E-state index >= 15 is 0 Å². The molecule has 2 nitrogen and oxygen atoms in total. The van der Waals surface area contributed by atoms with Crippen LogP contribution in [0.3, 0.4) is 0 Å². The highest BCUT2D eigenvalue weighted by Crippen LogP contribution is 2.30. The van der Waals surface area contributed by atoms with Crippen molar-refractivity contribution in [2.24, 2.45) is 0 Å². The number of hydrogen-bond acceptors (Lipinski definition) is 2. The number of likely N-dealkylation sites (N-methyl/N-ethyl adjacent to an activating group) is 1. The summed E-state index contributed by atoms with van der Waals surface area (Å²) in [6.07, 6.45) is 4.83. The summed E-state index contributed by atoms with van der Waals surface area (Å²) < 4.78 is 0. The summed E-state index contributed by atoms with van der Waals surface area (Å²) in [7, 11) is 2.21. The molecule has 0 aromatic heterocycles. The van der Waals surface area contributed by atoms with Crippen LogP contribution in [0, 0.1) is 6.92 Å². The molecule has 0 unspecified atom stereocenters. The first-order valence-electron chi connectivity index (χ1n) is 6.97. The lowest BCUT2D eigenvalue weighted by molar-refractivity contribution is 0.206. The van der Waals surface area contributed by atoms with Crippen LogP contribution in [0.15, 0.2) is 24.3 Å². The summed E-state index contributed by atoms with van der Waals surface area (Å²) in [6.45, 7) is 6.87. The minimum absolute atomic E-state index is 1.16. The van der Waals surface area contributed by atoms with Gasteiger partial charge in [0.2, 0.25) is 0 Å². The lowest BCUT2D eigenvalue weighted by Crippen LogP contribution is -2.43. The van der Waals surface area contributed by atoms with Gasteiger partial charge in [-0.1, -0.05) is 23.8 Å². The van der Waals surface area contributed by atoms with Crippen molar-refractivity contribution in [3.05, 3.63) is 41.0 Å². The maximum atomic E-state index is 2.57. The van der Waals surface area contributed by atoms with Crippen LogP contribution in [0.5, 0.6) is 0 Å². The Labute approximate surface area is 110 Å². The lowest BCUT2D eigenvalue weighted by Gasteiger charge is -2.37. The van der Waals surface area contributed by atoms with E-state index in [0.29, 0.717) is 0 Å². The fourth-order valence-corrected chi connectivity index (χ4v) is 2.97. The van der Waals surface area contributed by atoms with Crippen molar-refractivity contribution in [2.75, 3.05) is 33.2 Å². The smallest absolute Gasteiger partial charge is 0.0403 e. The second-order valence-electron chi connectivity index (χ2n) is 5.58. The average Bonchev–Trinajstić information content (AvgIpc) is 2.39. The zero-order valence-electron chi connectivity index (χ0n) is 11.4. The highest BCUT2D eigenvalue weighted by Gasteiger charge is 2.21. The Morgan fingerprint density at radius 1 is 1.06 bits per heavy atom. The molecule has 1 aliphatic carbocycles. The molecule has 96 valence electrons. The van der Waals surface area contributed by atoms with Crippen LogP contribution in [0.4, 0.5) is 0 Å². The third kappa shape index (κ3) is 2.17. The molecule has 0 amide bonds. The van der Waals surface area contributed by atoms with E-state index in [-0.39, 0.29) is 0 Å². The molecule has 0 spiro atoms. The zero-order valence-corrected chi connectivity index (χ0v) is 11.4. The summed E-state index contributed by atoms with van der Waals surface area (Å²) in [5, 5.41) is 0. The standard InChI is InChI=1S/C16H22N2/c1-13-6-7-14-4-3-5-16(15(14)12-13)18-10-8-17(2)9-11-18/h5-7,12H,3-4,8-11H2,1-2H3. The van der Waals surface area contributed by atoms with Crippen LogP contribution in [0.2, 0.25) is 0 Å². The van der Waals surface area contributed by atoms with Gasteiger partial charge in [-0.3, -0.25) is 0 Å². The number of aryl methyl sites for hydroxylation is 2. The summed E-state index contributed by atoms with van der Waals surface area (Å²) in [6, 6.07) is 6.91. The first-order valence-corrected chi connectivity index (χ1v) is 6.97. The largest absolute Gasteiger partial charge is 0.369 e. The van der Waals surface area contributed by atoms with E-state index in [1.807, 2.05) is 0 Å². The lowest BCUT2D eigenvalue weighted by atomic mass is 9.92. The van der Waals surface area contributed by atoms with Gasteiger partial charge in [0.25, 0.3) is 0 Å². The van der Waals surface area contributed by atoms with E-state index in [4.69, 9.17) is 0 Å². The van der Waals surface area contributed by atoms with Crippen molar-refractivity contribution < 1.29 is 0 Å². The van der Waals surface area contributed by atoms with Gasteiger partial charge < -0.3 is 9.80 Å². The molecule has 1 aromatic carbocycles. The Hall–Kier alpha value is -1.28. The van der Waals surface area contributed by atoms with Crippen LogP contribution in [0.25, 0.3) is 5.70 Å². The molecule has 3 rings (SSSR count). The molecule has 1 heterocycles. The van der Waals surface area contributed by atoms with Gasteiger partial charge in [-0.05, 0) is 38.4 Å². The fraction of sp³-hybridized carbons (Fsp3) is 0.500. The van der Waals surface area contributed by atoms with Gasteiger partial charge in [-0.25, -0.2) is 0 Å². The zero-order chi connectivity index (χ0) is 12.5. The van der Waals surface area contributed by atoms with Gasteiger partial charge in [0, 0.05) is 37.4 Å². The second-order valence-corrected chi connectivity index (χ2v) is 5.58. The van der Waals surface area contributed by atoms with Gasteiger partial charge in [-0.15, -0.1) is 0 Å². The Kier molecular flexibility index (Phi) is 3.13. The molecule has 0 N–H and O–H groups in total. The van der Waals surface area contributed by atoms with Crippen molar-refractivity contribution in [3.8, 4) is 0 Å². The van der Waals surface area contributed by atoms with Crippen LogP contribution >= 0.6 is 0 Å². The summed E-state index contributed by atoms with van der Waals surface area (Å²) in [4.78, 5) is 4.98. The number of hydrogen-bond donors (Lipinski definition) is 0. The summed E-state index contributed by atoms with van der Waals surface area (Å²) in [5.74, 6) is 0. The molecule has 0 bridgehead atoms. The van der Waals surface area contributed by atoms with E-state index in [2.05, 4.69) is 48.0 Å². The number of benzene rings is 1. The number of nitrogens with zero attached hydrogens (tertiary/aromatic N) is 2. The van der Waals surface area contributed by atoms with Crippen molar-refractivity contribution in [3.63, 3.8) is 0 Å². The SMILES string of the molecule is Cc1ccc2c(c1)C(N1CCN(C)CC1)=CCC2. The van der Waals surface area contributed by atoms with E-state index < -0.39 is 0 Å². The number of rotatable bonds is 1. The van der Waals surface area contributed by atoms with E-state index in [1.165, 1.54) is 48.3 Å². The van der Waals surface area contributed by atoms with Crippen LogP contribution in [0.1, 0.15) is 23.1 Å². The molecule has 0 radical (unpaired) electrons.